The van der Waals surface area contributed by atoms with Crippen molar-refractivity contribution in [1.82, 2.24) is 5.32 Å². The van der Waals surface area contributed by atoms with E-state index in [1.807, 2.05) is 0 Å². The topological polar surface area (TPSA) is 24.1 Å². The Labute approximate surface area is 99.0 Å². The van der Waals surface area contributed by atoms with Crippen LogP contribution in [-0.4, -0.2) is 11.7 Å². The molecule has 0 unspecified atom stereocenters. The summed E-state index contributed by atoms with van der Waals surface area (Å²) >= 11 is 4.96. The van der Waals surface area contributed by atoms with Gasteiger partial charge in [0.2, 0.25) is 0 Å². The van der Waals surface area contributed by atoms with Crippen LogP contribution >= 0.6 is 12.2 Å². The lowest BCUT2D eigenvalue weighted by Crippen LogP contribution is -2.29. The molecule has 0 spiro atoms. The van der Waals surface area contributed by atoms with Crippen molar-refractivity contribution in [3.8, 4) is 0 Å². The summed E-state index contributed by atoms with van der Waals surface area (Å²) in [5.74, 6) is -1.26. The van der Waals surface area contributed by atoms with Crippen molar-refractivity contribution in [2.24, 2.45) is 0 Å². The largest absolute Gasteiger partial charge is 0.362 e. The molecule has 88 valence electrons. The van der Waals surface area contributed by atoms with E-state index in [0.29, 0.717) is 5.11 Å². The normalized spacial score (nSPS) is 9.94. The highest BCUT2D eigenvalue weighted by Gasteiger charge is 2.04. The Morgan fingerprint density at radius 2 is 2.12 bits per heavy atom. The molecular formula is C11H14F2N2S. The Hall–Kier alpha value is -1.23. The van der Waals surface area contributed by atoms with Crippen LogP contribution in [0.2, 0.25) is 0 Å². The fourth-order valence-electron chi connectivity index (χ4n) is 1.14. The fraction of sp³-hybridized carbons (Fsp3) is 0.364. The first kappa shape index (κ1) is 12.8. The average Bonchev–Trinajstić information content (AvgIpc) is 2.23. The van der Waals surface area contributed by atoms with Crippen molar-refractivity contribution in [3.05, 3.63) is 29.8 Å². The maximum Gasteiger partial charge on any atom is 0.170 e. The van der Waals surface area contributed by atoms with Gasteiger partial charge in [-0.05, 0) is 30.8 Å². The summed E-state index contributed by atoms with van der Waals surface area (Å²) in [4.78, 5) is 0. The molecule has 0 heterocycles. The number of hydrogen-bond donors (Lipinski definition) is 2. The van der Waals surface area contributed by atoms with Gasteiger partial charge in [-0.3, -0.25) is 0 Å². The number of hydrogen-bond acceptors (Lipinski definition) is 1. The Balaban J connectivity index is 2.49. The molecule has 0 atom stereocenters. The van der Waals surface area contributed by atoms with Gasteiger partial charge in [0.05, 0.1) is 5.69 Å². The van der Waals surface area contributed by atoms with E-state index in [4.69, 9.17) is 12.2 Å². The van der Waals surface area contributed by atoms with E-state index in [-0.39, 0.29) is 5.69 Å². The lowest BCUT2D eigenvalue weighted by molar-refractivity contribution is 0.586. The Morgan fingerprint density at radius 3 is 2.75 bits per heavy atom. The van der Waals surface area contributed by atoms with Crippen molar-refractivity contribution in [3.63, 3.8) is 0 Å². The van der Waals surface area contributed by atoms with Crippen LogP contribution in [0.25, 0.3) is 0 Å². The molecule has 0 amide bonds. The van der Waals surface area contributed by atoms with Crippen LogP contribution in [0.15, 0.2) is 18.2 Å². The molecule has 1 aromatic carbocycles. The highest BCUT2D eigenvalue weighted by Crippen LogP contribution is 2.14. The summed E-state index contributed by atoms with van der Waals surface area (Å²) in [5.41, 5.74) is 0.176. The van der Waals surface area contributed by atoms with Crippen LogP contribution in [0.3, 0.4) is 0 Å². The summed E-state index contributed by atoms with van der Waals surface area (Å²) < 4.78 is 25.8. The maximum atomic E-state index is 13.2. The van der Waals surface area contributed by atoms with E-state index >= 15 is 0 Å². The predicted molar refractivity (Wildman–Crippen MR) is 65.5 cm³/mol. The summed E-state index contributed by atoms with van der Waals surface area (Å²) in [7, 11) is 0. The average molecular weight is 244 g/mol. The predicted octanol–water partition coefficient (Wildman–Crippen LogP) is 3.05. The first-order valence-electron chi connectivity index (χ1n) is 5.13. The van der Waals surface area contributed by atoms with Crippen molar-refractivity contribution < 1.29 is 8.78 Å². The maximum absolute atomic E-state index is 13.2. The van der Waals surface area contributed by atoms with Crippen LogP contribution in [0.1, 0.15) is 19.8 Å². The molecule has 1 aromatic rings. The third-order valence-corrected chi connectivity index (χ3v) is 2.24. The Bertz CT molecular complexity index is 369. The number of rotatable bonds is 4. The van der Waals surface area contributed by atoms with Gasteiger partial charge in [0, 0.05) is 12.6 Å². The number of unbranched alkanes of at least 4 members (excludes halogenated alkanes) is 1. The lowest BCUT2D eigenvalue weighted by Gasteiger charge is -2.10. The zero-order valence-electron chi connectivity index (χ0n) is 9.02. The molecule has 0 fully saturated rings. The second-order valence-corrected chi connectivity index (χ2v) is 3.77. The Kier molecular flexibility index (Phi) is 5.11. The van der Waals surface area contributed by atoms with Gasteiger partial charge in [-0.15, -0.1) is 0 Å². The summed E-state index contributed by atoms with van der Waals surface area (Å²) in [6.07, 6.45) is 2.05. The zero-order chi connectivity index (χ0) is 12.0. The molecule has 0 aliphatic carbocycles. The first-order chi connectivity index (χ1) is 7.63. The lowest BCUT2D eigenvalue weighted by atomic mass is 10.3. The van der Waals surface area contributed by atoms with Crippen LogP contribution in [0, 0.1) is 11.6 Å². The third-order valence-electron chi connectivity index (χ3n) is 2.00. The third kappa shape index (κ3) is 4.10. The van der Waals surface area contributed by atoms with Crippen molar-refractivity contribution >= 4 is 23.0 Å². The van der Waals surface area contributed by atoms with Gasteiger partial charge in [-0.2, -0.15) is 0 Å². The minimum Gasteiger partial charge on any atom is -0.362 e. The minimum atomic E-state index is -0.653. The molecule has 2 N–H and O–H groups in total. The molecule has 0 radical (unpaired) electrons. The van der Waals surface area contributed by atoms with Crippen molar-refractivity contribution in [2.45, 2.75) is 19.8 Å². The van der Waals surface area contributed by atoms with Gasteiger partial charge < -0.3 is 10.6 Å². The van der Waals surface area contributed by atoms with Gasteiger partial charge in [-0.25, -0.2) is 8.78 Å². The molecule has 16 heavy (non-hydrogen) atoms. The molecule has 1 rings (SSSR count). The molecule has 2 nitrogen and oxygen atoms in total. The highest BCUT2D eigenvalue weighted by atomic mass is 32.1. The Morgan fingerprint density at radius 1 is 1.38 bits per heavy atom. The second-order valence-electron chi connectivity index (χ2n) is 3.36. The number of anilines is 1. The minimum absolute atomic E-state index is 0.176. The highest BCUT2D eigenvalue weighted by molar-refractivity contribution is 7.80. The molecular weight excluding hydrogens is 230 g/mol. The smallest absolute Gasteiger partial charge is 0.170 e. The molecule has 0 aliphatic heterocycles. The summed E-state index contributed by atoms with van der Waals surface area (Å²) in [6.45, 7) is 2.81. The van der Waals surface area contributed by atoms with Crippen LogP contribution < -0.4 is 10.6 Å². The van der Waals surface area contributed by atoms with E-state index in [9.17, 15) is 8.78 Å². The molecule has 0 saturated heterocycles. The van der Waals surface area contributed by atoms with E-state index < -0.39 is 11.6 Å². The summed E-state index contributed by atoms with van der Waals surface area (Å²) in [5, 5.41) is 5.96. The zero-order valence-corrected chi connectivity index (χ0v) is 9.83. The molecule has 0 aromatic heterocycles. The van der Waals surface area contributed by atoms with Gasteiger partial charge in [0.15, 0.2) is 5.11 Å². The van der Waals surface area contributed by atoms with Crippen LogP contribution in [0.5, 0.6) is 0 Å². The van der Waals surface area contributed by atoms with E-state index in [1.54, 1.807) is 0 Å². The summed E-state index contributed by atoms with van der Waals surface area (Å²) in [6, 6.07) is 3.32. The molecule has 5 heteroatoms. The first-order valence-corrected chi connectivity index (χ1v) is 5.54. The monoisotopic (exact) mass is 244 g/mol. The number of halogens is 2. The van der Waals surface area contributed by atoms with Gasteiger partial charge >= 0.3 is 0 Å². The van der Waals surface area contributed by atoms with E-state index in [2.05, 4.69) is 17.6 Å². The SMILES string of the molecule is CCCCNC(=S)Nc1ccc(F)cc1F. The van der Waals surface area contributed by atoms with E-state index in [0.717, 1.165) is 25.5 Å². The van der Waals surface area contributed by atoms with Gasteiger partial charge in [-0.1, -0.05) is 13.3 Å². The number of thiocarbonyl (C=S) groups is 1. The van der Waals surface area contributed by atoms with Crippen molar-refractivity contribution in [2.75, 3.05) is 11.9 Å². The quantitative estimate of drug-likeness (QED) is 0.629. The van der Waals surface area contributed by atoms with Gasteiger partial charge in [0.1, 0.15) is 11.6 Å². The fourth-order valence-corrected chi connectivity index (χ4v) is 1.35. The molecule has 0 aliphatic rings. The standard InChI is InChI=1S/C11H14F2N2S/c1-2-3-6-14-11(16)15-10-5-4-8(12)7-9(10)13/h4-5,7H,2-3,6H2,1H3,(H2,14,15,16). The van der Waals surface area contributed by atoms with E-state index in [1.165, 1.54) is 12.1 Å². The van der Waals surface area contributed by atoms with Crippen LogP contribution in [0.4, 0.5) is 14.5 Å². The van der Waals surface area contributed by atoms with Crippen molar-refractivity contribution in [1.29, 1.82) is 0 Å². The molecule has 0 bridgehead atoms. The number of nitrogens with one attached hydrogen (secondary N) is 2. The van der Waals surface area contributed by atoms with Crippen LogP contribution in [-0.2, 0) is 0 Å². The second kappa shape index (κ2) is 6.37. The van der Waals surface area contributed by atoms with Gasteiger partial charge in [0.25, 0.3) is 0 Å². The number of benzene rings is 1. The molecule has 0 saturated carbocycles.